The fourth-order valence-electron chi connectivity index (χ4n) is 2.03. The second-order valence-corrected chi connectivity index (χ2v) is 4.96. The van der Waals surface area contributed by atoms with E-state index in [-0.39, 0.29) is 11.9 Å². The molecule has 1 saturated heterocycles. The van der Waals surface area contributed by atoms with Gasteiger partial charge in [-0.15, -0.1) is 0 Å². The van der Waals surface area contributed by atoms with Crippen molar-refractivity contribution in [3.63, 3.8) is 0 Å². The molecule has 3 nitrogen and oxygen atoms in total. The maximum absolute atomic E-state index is 11.5. The minimum Gasteiger partial charge on any atom is -0.389 e. The van der Waals surface area contributed by atoms with Gasteiger partial charge in [0.05, 0.1) is 11.5 Å². The van der Waals surface area contributed by atoms with Crippen molar-refractivity contribution >= 4 is 29.4 Å². The number of carbonyl (C=O) groups is 2. The highest BCUT2D eigenvalue weighted by molar-refractivity contribution is 7.08. The fraction of sp³-hybridized carbons (Fsp3) is 0.333. The summed E-state index contributed by atoms with van der Waals surface area (Å²) in [6.45, 7) is 0. The van der Waals surface area contributed by atoms with Gasteiger partial charge in [0.2, 0.25) is 0 Å². The van der Waals surface area contributed by atoms with Crippen LogP contribution in [0, 0.1) is 11.8 Å². The van der Waals surface area contributed by atoms with Gasteiger partial charge in [0.15, 0.2) is 0 Å². The quantitative estimate of drug-likeness (QED) is 0.448. The van der Waals surface area contributed by atoms with Gasteiger partial charge in [-0.25, -0.2) is 4.79 Å². The predicted octanol–water partition coefficient (Wildman–Crippen LogP) is 2.24. The Hall–Kier alpha value is -1.42. The SMILES string of the molecule is O=C1OC(=O)C(C2CC2)C1=Cc1ccsc1. The molecule has 1 aromatic rings. The van der Waals surface area contributed by atoms with E-state index in [1.54, 1.807) is 17.4 Å². The van der Waals surface area contributed by atoms with Crippen LogP contribution in [0.3, 0.4) is 0 Å². The summed E-state index contributed by atoms with van der Waals surface area (Å²) in [4.78, 5) is 23.1. The van der Waals surface area contributed by atoms with Crippen LogP contribution >= 0.6 is 11.3 Å². The van der Waals surface area contributed by atoms with Gasteiger partial charge in [-0.2, -0.15) is 11.3 Å². The Morgan fingerprint density at radius 2 is 2.19 bits per heavy atom. The summed E-state index contributed by atoms with van der Waals surface area (Å²) in [5.74, 6) is -0.821. The molecule has 16 heavy (non-hydrogen) atoms. The molecule has 1 unspecified atom stereocenters. The van der Waals surface area contributed by atoms with Crippen molar-refractivity contribution in [3.8, 4) is 0 Å². The van der Waals surface area contributed by atoms with E-state index in [1.165, 1.54) is 0 Å². The van der Waals surface area contributed by atoms with Crippen molar-refractivity contribution in [2.24, 2.45) is 11.8 Å². The van der Waals surface area contributed by atoms with E-state index in [0.717, 1.165) is 18.4 Å². The molecule has 1 saturated carbocycles. The van der Waals surface area contributed by atoms with Gasteiger partial charge in [0.25, 0.3) is 0 Å². The zero-order valence-electron chi connectivity index (χ0n) is 8.51. The largest absolute Gasteiger partial charge is 0.389 e. The van der Waals surface area contributed by atoms with Gasteiger partial charge in [0, 0.05) is 0 Å². The van der Waals surface area contributed by atoms with E-state index >= 15 is 0 Å². The van der Waals surface area contributed by atoms with E-state index in [0.29, 0.717) is 11.5 Å². The summed E-state index contributed by atoms with van der Waals surface area (Å²) >= 11 is 1.57. The summed E-state index contributed by atoms with van der Waals surface area (Å²) < 4.78 is 4.69. The number of ether oxygens (including phenoxy) is 1. The zero-order chi connectivity index (χ0) is 11.1. The van der Waals surface area contributed by atoms with Crippen LogP contribution in [0.25, 0.3) is 6.08 Å². The van der Waals surface area contributed by atoms with Gasteiger partial charge >= 0.3 is 11.9 Å². The van der Waals surface area contributed by atoms with E-state index in [4.69, 9.17) is 4.74 Å². The molecular formula is C12H10O3S. The topological polar surface area (TPSA) is 43.4 Å². The van der Waals surface area contributed by atoms with Crippen molar-refractivity contribution in [3.05, 3.63) is 28.0 Å². The number of cyclic esters (lactones) is 2. The lowest BCUT2D eigenvalue weighted by Crippen LogP contribution is -2.11. The molecule has 0 bridgehead atoms. The van der Waals surface area contributed by atoms with Crippen molar-refractivity contribution in [1.82, 2.24) is 0 Å². The molecule has 2 aliphatic rings. The summed E-state index contributed by atoms with van der Waals surface area (Å²) in [6.07, 6.45) is 3.83. The third-order valence-corrected chi connectivity index (χ3v) is 3.68. The molecular weight excluding hydrogens is 224 g/mol. The van der Waals surface area contributed by atoms with Crippen LogP contribution in [0.1, 0.15) is 18.4 Å². The first-order valence-corrected chi connectivity index (χ1v) is 6.20. The monoisotopic (exact) mass is 234 g/mol. The predicted molar refractivity (Wildman–Crippen MR) is 59.6 cm³/mol. The second-order valence-electron chi connectivity index (χ2n) is 4.18. The molecule has 3 rings (SSSR count). The molecule has 2 heterocycles. The molecule has 4 heteroatoms. The van der Waals surface area contributed by atoms with E-state index < -0.39 is 5.97 Å². The lowest BCUT2D eigenvalue weighted by Gasteiger charge is -2.02. The van der Waals surface area contributed by atoms with Crippen LogP contribution in [0.4, 0.5) is 0 Å². The van der Waals surface area contributed by atoms with Crippen molar-refractivity contribution in [2.75, 3.05) is 0 Å². The van der Waals surface area contributed by atoms with Gasteiger partial charge in [-0.3, -0.25) is 4.79 Å². The summed E-state index contributed by atoms with van der Waals surface area (Å²) in [5.41, 5.74) is 1.50. The average Bonchev–Trinajstić information content (AvgIpc) is 2.86. The third kappa shape index (κ3) is 1.59. The summed E-state index contributed by atoms with van der Waals surface area (Å²) in [5, 5.41) is 3.90. The highest BCUT2D eigenvalue weighted by atomic mass is 32.1. The van der Waals surface area contributed by atoms with Gasteiger partial charge in [0.1, 0.15) is 0 Å². The van der Waals surface area contributed by atoms with Gasteiger partial charge < -0.3 is 4.74 Å². The molecule has 0 radical (unpaired) electrons. The number of carbonyl (C=O) groups excluding carboxylic acids is 2. The molecule has 1 aromatic heterocycles. The number of hydrogen-bond acceptors (Lipinski definition) is 4. The summed E-state index contributed by atoms with van der Waals surface area (Å²) in [6, 6.07) is 1.93. The number of esters is 2. The Labute approximate surface area is 96.7 Å². The second kappa shape index (κ2) is 3.56. The Morgan fingerprint density at radius 1 is 1.38 bits per heavy atom. The van der Waals surface area contributed by atoms with Crippen LogP contribution in [0.15, 0.2) is 22.4 Å². The number of thiophene rings is 1. The Balaban J connectivity index is 1.97. The first kappa shape index (κ1) is 9.78. The third-order valence-electron chi connectivity index (χ3n) is 2.98. The molecule has 1 atom stereocenters. The Kier molecular flexibility index (Phi) is 2.17. The van der Waals surface area contributed by atoms with E-state index in [1.807, 2.05) is 16.8 Å². The van der Waals surface area contributed by atoms with Gasteiger partial charge in [-0.1, -0.05) is 0 Å². The van der Waals surface area contributed by atoms with Crippen LogP contribution in [-0.2, 0) is 14.3 Å². The van der Waals surface area contributed by atoms with Crippen molar-refractivity contribution in [1.29, 1.82) is 0 Å². The lowest BCUT2D eigenvalue weighted by atomic mass is 9.95. The molecule has 1 aliphatic carbocycles. The van der Waals surface area contributed by atoms with E-state index in [2.05, 4.69) is 0 Å². The molecule has 82 valence electrons. The molecule has 2 fully saturated rings. The van der Waals surface area contributed by atoms with E-state index in [9.17, 15) is 9.59 Å². The maximum Gasteiger partial charge on any atom is 0.342 e. The summed E-state index contributed by atoms with van der Waals surface area (Å²) in [7, 11) is 0. The first-order valence-electron chi connectivity index (χ1n) is 5.25. The van der Waals surface area contributed by atoms with Crippen LogP contribution < -0.4 is 0 Å². The van der Waals surface area contributed by atoms with Crippen molar-refractivity contribution < 1.29 is 14.3 Å². The highest BCUT2D eigenvalue weighted by Crippen LogP contribution is 2.44. The number of hydrogen-bond donors (Lipinski definition) is 0. The van der Waals surface area contributed by atoms with Crippen LogP contribution in [-0.4, -0.2) is 11.9 Å². The Bertz CT molecular complexity index is 468. The standard InChI is InChI=1S/C12H10O3S/c13-11-9(5-7-3-4-16-6-7)10(8-1-2-8)12(14)15-11/h3-6,8,10H,1-2H2. The fourth-order valence-corrected chi connectivity index (χ4v) is 2.65. The van der Waals surface area contributed by atoms with Crippen LogP contribution in [0.2, 0.25) is 0 Å². The molecule has 0 aromatic carbocycles. The minimum atomic E-state index is -0.465. The smallest absolute Gasteiger partial charge is 0.342 e. The van der Waals surface area contributed by atoms with Crippen LogP contribution in [0.5, 0.6) is 0 Å². The van der Waals surface area contributed by atoms with Crippen molar-refractivity contribution in [2.45, 2.75) is 12.8 Å². The molecule has 0 N–H and O–H groups in total. The first-order chi connectivity index (χ1) is 7.75. The normalized spacial score (nSPS) is 27.5. The number of rotatable bonds is 2. The Morgan fingerprint density at radius 3 is 2.81 bits per heavy atom. The molecule has 0 amide bonds. The molecule has 0 spiro atoms. The minimum absolute atomic E-state index is 0.313. The highest BCUT2D eigenvalue weighted by Gasteiger charge is 2.47. The lowest BCUT2D eigenvalue weighted by molar-refractivity contribution is -0.152. The average molecular weight is 234 g/mol. The van der Waals surface area contributed by atoms with Gasteiger partial charge in [-0.05, 0) is 47.2 Å². The molecule has 1 aliphatic heterocycles. The zero-order valence-corrected chi connectivity index (χ0v) is 9.33. The maximum atomic E-state index is 11.5.